The monoisotopic (exact) mass is 430 g/mol. The molecule has 1 heterocycles. The molecule has 0 aliphatic heterocycles. The number of aromatic nitrogens is 2. The summed E-state index contributed by atoms with van der Waals surface area (Å²) in [6.45, 7) is 5.18. The zero-order valence-corrected chi connectivity index (χ0v) is 17.9. The molecule has 9 nitrogen and oxygen atoms in total. The Morgan fingerprint density at radius 3 is 2.41 bits per heavy atom. The molecule has 3 rings (SSSR count). The maximum Gasteiger partial charge on any atom is 0.202 e. The van der Waals surface area contributed by atoms with Gasteiger partial charge in [0.15, 0.2) is 11.5 Å². The van der Waals surface area contributed by atoms with Crippen molar-refractivity contribution in [1.29, 1.82) is 0 Å². The predicted molar refractivity (Wildman–Crippen MR) is 115 cm³/mol. The van der Waals surface area contributed by atoms with Crippen LogP contribution in [-0.4, -0.2) is 58.2 Å². The van der Waals surface area contributed by atoms with Crippen LogP contribution < -0.4 is 16.8 Å². The Morgan fingerprint density at radius 2 is 1.97 bits per heavy atom. The molecule has 0 bridgehead atoms. The summed E-state index contributed by atoms with van der Waals surface area (Å²) in [6, 6.07) is 5.02. The van der Waals surface area contributed by atoms with Crippen LogP contribution in [0.1, 0.15) is 30.7 Å². The fraction of sp³-hybridized carbons (Fsp3) is 0.500. The highest BCUT2D eigenvalue weighted by atomic mass is 32.2. The SMILES string of the molecule is CC.CSCCNc1nonc1/C(N)=N\O.Fc1ccc2c(c1)CC2.NCCO. The van der Waals surface area contributed by atoms with Gasteiger partial charge in [-0.25, -0.2) is 9.02 Å². The third-order valence-electron chi connectivity index (χ3n) is 3.40. The van der Waals surface area contributed by atoms with E-state index in [1.54, 1.807) is 17.8 Å². The van der Waals surface area contributed by atoms with Gasteiger partial charge in [0.2, 0.25) is 5.82 Å². The third kappa shape index (κ3) is 10.1. The lowest BCUT2D eigenvalue weighted by Gasteiger charge is -2.17. The number of oxime groups is 1. The quantitative estimate of drug-likeness (QED) is 0.152. The van der Waals surface area contributed by atoms with Gasteiger partial charge >= 0.3 is 0 Å². The molecule has 0 radical (unpaired) electrons. The van der Waals surface area contributed by atoms with Crippen molar-refractivity contribution in [2.24, 2.45) is 16.6 Å². The summed E-state index contributed by atoms with van der Waals surface area (Å²) in [5.74, 6) is 1.07. The van der Waals surface area contributed by atoms with Crippen molar-refractivity contribution in [1.82, 2.24) is 10.3 Å². The molecule has 0 amide bonds. The zero-order valence-electron chi connectivity index (χ0n) is 17.1. The lowest BCUT2D eigenvalue weighted by Crippen LogP contribution is -2.17. The van der Waals surface area contributed by atoms with Crippen LogP contribution in [0, 0.1) is 5.82 Å². The highest BCUT2D eigenvalue weighted by molar-refractivity contribution is 7.98. The van der Waals surface area contributed by atoms with Crippen molar-refractivity contribution in [3.63, 3.8) is 0 Å². The summed E-state index contributed by atoms with van der Waals surface area (Å²) >= 11 is 1.69. The minimum Gasteiger partial charge on any atom is -0.409 e. The number of nitrogens with two attached hydrogens (primary N) is 2. The molecule has 2 aromatic rings. The first kappa shape index (κ1) is 26.6. The van der Waals surface area contributed by atoms with Crippen LogP contribution in [0.5, 0.6) is 0 Å². The van der Waals surface area contributed by atoms with E-state index in [-0.39, 0.29) is 24.0 Å². The van der Waals surface area contributed by atoms with Gasteiger partial charge in [0.1, 0.15) is 5.82 Å². The van der Waals surface area contributed by atoms with E-state index < -0.39 is 0 Å². The van der Waals surface area contributed by atoms with Gasteiger partial charge in [-0.2, -0.15) is 11.8 Å². The second kappa shape index (κ2) is 16.6. The molecule has 0 fully saturated rings. The van der Waals surface area contributed by atoms with Gasteiger partial charge in [0, 0.05) is 18.8 Å². The van der Waals surface area contributed by atoms with Crippen molar-refractivity contribution in [3.8, 4) is 0 Å². The minimum atomic E-state index is -0.127. The van der Waals surface area contributed by atoms with E-state index in [9.17, 15) is 4.39 Å². The van der Waals surface area contributed by atoms with Gasteiger partial charge in [-0.3, -0.25) is 0 Å². The number of amidine groups is 1. The minimum absolute atomic E-state index is 0.0972. The van der Waals surface area contributed by atoms with Gasteiger partial charge in [0.25, 0.3) is 0 Å². The molecule has 0 saturated carbocycles. The van der Waals surface area contributed by atoms with Crippen molar-refractivity contribution >= 4 is 23.4 Å². The van der Waals surface area contributed by atoms with Gasteiger partial charge in [0.05, 0.1) is 6.61 Å². The molecule has 0 unspecified atom stereocenters. The predicted octanol–water partition coefficient (Wildman–Crippen LogP) is 1.83. The van der Waals surface area contributed by atoms with Gasteiger partial charge in [-0.1, -0.05) is 25.1 Å². The first-order chi connectivity index (χ1) is 14.1. The Kier molecular flexibility index (Phi) is 15.2. The molecular weight excluding hydrogens is 399 g/mol. The molecule has 7 N–H and O–H groups in total. The Labute approximate surface area is 174 Å². The van der Waals surface area contributed by atoms with Crippen molar-refractivity contribution in [2.75, 3.05) is 37.0 Å². The summed E-state index contributed by atoms with van der Waals surface area (Å²) < 4.78 is 16.8. The van der Waals surface area contributed by atoms with E-state index in [2.05, 4.69) is 25.4 Å². The van der Waals surface area contributed by atoms with E-state index in [1.165, 1.54) is 17.2 Å². The summed E-state index contributed by atoms with van der Waals surface area (Å²) in [4.78, 5) is 0. The van der Waals surface area contributed by atoms with E-state index in [4.69, 9.17) is 21.8 Å². The van der Waals surface area contributed by atoms with Crippen LogP contribution in [-0.2, 0) is 12.8 Å². The standard InChI is InChI=1S/C8H7F.C6H11N5O2S.C2H7NO.C2H6/c9-8-4-3-6-1-2-7(6)5-8;1-14-3-2-8-6-4(5(7)9-12)10-13-11-6;3-1-2-4;1-2/h3-5H,1-2H2;12H,2-3H2,1H3,(H2,7,9)(H,8,11);4H,1-3H2;1-2H3. The molecule has 1 aromatic heterocycles. The number of aliphatic hydroxyl groups excluding tert-OH is 1. The number of hydrogen-bond donors (Lipinski definition) is 5. The van der Waals surface area contributed by atoms with Crippen molar-refractivity contribution in [2.45, 2.75) is 26.7 Å². The zero-order chi connectivity index (χ0) is 22.1. The first-order valence-corrected chi connectivity index (χ1v) is 10.6. The van der Waals surface area contributed by atoms with E-state index >= 15 is 0 Å². The number of rotatable bonds is 6. The lowest BCUT2D eigenvalue weighted by molar-refractivity contribution is 0.304. The molecule has 0 atom stereocenters. The van der Waals surface area contributed by atoms with E-state index in [0.29, 0.717) is 18.9 Å². The van der Waals surface area contributed by atoms with Crippen LogP contribution in [0.4, 0.5) is 10.2 Å². The highest BCUT2D eigenvalue weighted by Gasteiger charge is 2.13. The van der Waals surface area contributed by atoms with Crippen molar-refractivity contribution < 1.29 is 19.3 Å². The number of halogens is 1. The molecular formula is C18H31FN6O3S. The van der Waals surface area contributed by atoms with Crippen molar-refractivity contribution in [3.05, 3.63) is 40.8 Å². The topological polar surface area (TPSA) is 156 Å². The number of benzene rings is 1. The van der Waals surface area contributed by atoms with Gasteiger partial charge in [-0.05, 0) is 52.7 Å². The number of aliphatic hydroxyl groups is 1. The molecule has 0 spiro atoms. The van der Waals surface area contributed by atoms with Crippen LogP contribution in [0.15, 0.2) is 28.0 Å². The van der Waals surface area contributed by atoms with Crippen LogP contribution in [0.3, 0.4) is 0 Å². The van der Waals surface area contributed by atoms with Crippen LogP contribution >= 0.6 is 11.8 Å². The summed E-state index contributed by atoms with van der Waals surface area (Å²) in [6.07, 6.45) is 4.19. The maximum atomic E-state index is 12.4. The summed E-state index contributed by atoms with van der Waals surface area (Å²) in [7, 11) is 0. The number of anilines is 1. The van der Waals surface area contributed by atoms with Crippen LogP contribution in [0.2, 0.25) is 0 Å². The Morgan fingerprint density at radius 1 is 1.31 bits per heavy atom. The Hall–Kier alpha value is -2.37. The van der Waals surface area contributed by atoms with Gasteiger partial charge in [-0.15, -0.1) is 0 Å². The smallest absolute Gasteiger partial charge is 0.202 e. The Balaban J connectivity index is 0.000000445. The molecule has 1 aliphatic rings. The number of fused-ring (bicyclic) bond motifs is 1. The van der Waals surface area contributed by atoms with E-state index in [1.807, 2.05) is 26.2 Å². The number of nitrogens with one attached hydrogen (secondary N) is 1. The number of nitrogens with zero attached hydrogens (tertiary/aromatic N) is 3. The first-order valence-electron chi connectivity index (χ1n) is 9.18. The normalized spacial score (nSPS) is 11.3. The largest absolute Gasteiger partial charge is 0.409 e. The Bertz CT molecular complexity index is 713. The lowest BCUT2D eigenvalue weighted by atomic mass is 9.89. The fourth-order valence-electron chi connectivity index (χ4n) is 1.96. The second-order valence-corrected chi connectivity index (χ2v) is 6.28. The second-order valence-electron chi connectivity index (χ2n) is 5.29. The molecule has 164 valence electrons. The fourth-order valence-corrected chi connectivity index (χ4v) is 2.26. The molecule has 1 aliphatic carbocycles. The third-order valence-corrected chi connectivity index (χ3v) is 4.01. The summed E-state index contributed by atoms with van der Waals surface area (Å²) in [5.41, 5.74) is 12.8. The molecule has 29 heavy (non-hydrogen) atoms. The number of hydrogen-bond acceptors (Lipinski definition) is 9. The molecule has 0 saturated heterocycles. The van der Waals surface area contributed by atoms with E-state index in [0.717, 1.165) is 18.6 Å². The summed E-state index contributed by atoms with van der Waals surface area (Å²) in [5, 5.41) is 29.0. The highest BCUT2D eigenvalue weighted by Crippen LogP contribution is 2.22. The maximum absolute atomic E-state index is 12.4. The molecule has 1 aromatic carbocycles. The average Bonchev–Trinajstić information content (AvgIpc) is 3.21. The number of aryl methyl sites for hydroxylation is 2. The van der Waals surface area contributed by atoms with Crippen LogP contribution in [0.25, 0.3) is 0 Å². The number of thioether (sulfide) groups is 1. The average molecular weight is 431 g/mol. The van der Waals surface area contributed by atoms with Gasteiger partial charge < -0.3 is 27.1 Å². The molecule has 11 heteroatoms.